The number of hydrogen-bond acceptors (Lipinski definition) is 5. The van der Waals surface area contributed by atoms with E-state index in [0.717, 1.165) is 5.56 Å². The van der Waals surface area contributed by atoms with Crippen LogP contribution >= 0.6 is 0 Å². The van der Waals surface area contributed by atoms with E-state index in [-0.39, 0.29) is 0 Å². The van der Waals surface area contributed by atoms with Crippen LogP contribution in [0, 0.1) is 13.8 Å². The van der Waals surface area contributed by atoms with Crippen LogP contribution in [0.3, 0.4) is 0 Å². The first-order valence-electron chi connectivity index (χ1n) is 4.85. The Bertz CT molecular complexity index is 499. The smallest absolute Gasteiger partial charge is 0.227 e. The van der Waals surface area contributed by atoms with Crippen LogP contribution in [0.4, 0.5) is 5.82 Å². The Kier molecular flexibility index (Phi) is 2.68. The minimum Gasteiger partial charge on any atom is -0.437 e. The average Bonchev–Trinajstić information content (AvgIpc) is 2.27. The zero-order chi connectivity index (χ0) is 11.5. The molecule has 2 rings (SSSR count). The van der Waals surface area contributed by atoms with Gasteiger partial charge in [-0.05, 0) is 26.0 Å². The maximum atomic E-state index is 5.73. The molecule has 16 heavy (non-hydrogen) atoms. The van der Waals surface area contributed by atoms with Crippen molar-refractivity contribution in [1.82, 2.24) is 15.0 Å². The molecule has 0 saturated heterocycles. The zero-order valence-corrected chi connectivity index (χ0v) is 9.14. The molecular weight excluding hydrogens is 204 g/mol. The highest BCUT2D eigenvalue weighted by Gasteiger charge is 2.08. The standard InChI is InChI=1S/C11H12N4O/c1-7-10(12)14-8(2)15-11(7)16-9-4-3-5-13-6-9/h3-6H,1-2H3,(H2,12,14,15). The first-order valence-corrected chi connectivity index (χ1v) is 4.85. The molecule has 0 aromatic carbocycles. The number of nitrogens with two attached hydrogens (primary N) is 1. The third-order valence-electron chi connectivity index (χ3n) is 2.10. The van der Waals surface area contributed by atoms with Gasteiger partial charge in [0, 0.05) is 6.20 Å². The van der Waals surface area contributed by atoms with E-state index >= 15 is 0 Å². The van der Waals surface area contributed by atoms with E-state index in [9.17, 15) is 0 Å². The lowest BCUT2D eigenvalue weighted by molar-refractivity contribution is 0.454. The number of aromatic nitrogens is 3. The summed E-state index contributed by atoms with van der Waals surface area (Å²) in [6.07, 6.45) is 3.30. The van der Waals surface area contributed by atoms with Crippen molar-refractivity contribution in [2.75, 3.05) is 5.73 Å². The third kappa shape index (κ3) is 2.08. The monoisotopic (exact) mass is 216 g/mol. The summed E-state index contributed by atoms with van der Waals surface area (Å²) in [4.78, 5) is 12.2. The number of ether oxygens (including phenoxy) is 1. The molecule has 0 spiro atoms. The molecule has 2 aromatic heterocycles. The number of pyridine rings is 1. The molecule has 5 heteroatoms. The molecule has 0 bridgehead atoms. The quantitative estimate of drug-likeness (QED) is 0.829. The first-order chi connectivity index (χ1) is 7.66. The number of rotatable bonds is 2. The number of nitrogen functional groups attached to an aromatic ring is 1. The zero-order valence-electron chi connectivity index (χ0n) is 9.14. The van der Waals surface area contributed by atoms with E-state index in [2.05, 4.69) is 15.0 Å². The van der Waals surface area contributed by atoms with Crippen molar-refractivity contribution in [2.45, 2.75) is 13.8 Å². The van der Waals surface area contributed by atoms with Gasteiger partial charge < -0.3 is 10.5 Å². The molecule has 0 unspecified atom stereocenters. The molecule has 0 aliphatic carbocycles. The SMILES string of the molecule is Cc1nc(N)c(C)c(Oc2cccnc2)n1. The summed E-state index contributed by atoms with van der Waals surface area (Å²) < 4.78 is 5.58. The molecule has 0 saturated carbocycles. The van der Waals surface area contributed by atoms with Gasteiger partial charge in [0.1, 0.15) is 17.4 Å². The molecule has 0 amide bonds. The Morgan fingerprint density at radius 3 is 2.75 bits per heavy atom. The predicted molar refractivity (Wildman–Crippen MR) is 60.2 cm³/mol. The summed E-state index contributed by atoms with van der Waals surface area (Å²) in [7, 11) is 0. The van der Waals surface area contributed by atoms with Crippen molar-refractivity contribution in [2.24, 2.45) is 0 Å². The van der Waals surface area contributed by atoms with Crippen LogP contribution in [0.1, 0.15) is 11.4 Å². The second-order valence-corrected chi connectivity index (χ2v) is 3.38. The van der Waals surface area contributed by atoms with Crippen LogP contribution in [0.25, 0.3) is 0 Å². The van der Waals surface area contributed by atoms with Crippen molar-refractivity contribution in [1.29, 1.82) is 0 Å². The average molecular weight is 216 g/mol. The fourth-order valence-corrected chi connectivity index (χ4v) is 1.24. The van der Waals surface area contributed by atoms with Gasteiger partial charge in [-0.2, -0.15) is 4.98 Å². The van der Waals surface area contributed by atoms with Crippen molar-refractivity contribution < 1.29 is 4.74 Å². The fraction of sp³-hybridized carbons (Fsp3) is 0.182. The van der Waals surface area contributed by atoms with E-state index in [4.69, 9.17) is 10.5 Å². The molecule has 0 aliphatic rings. The first kappa shape index (κ1) is 10.4. The van der Waals surface area contributed by atoms with Crippen LogP contribution in [0.5, 0.6) is 11.6 Å². The molecule has 0 fully saturated rings. The number of nitrogens with zero attached hydrogens (tertiary/aromatic N) is 3. The summed E-state index contributed by atoms with van der Waals surface area (Å²) in [5.74, 6) is 2.12. The maximum absolute atomic E-state index is 5.73. The summed E-state index contributed by atoms with van der Waals surface area (Å²) in [6, 6.07) is 3.60. The maximum Gasteiger partial charge on any atom is 0.227 e. The molecule has 2 N–H and O–H groups in total. The Balaban J connectivity index is 2.35. The summed E-state index contributed by atoms with van der Waals surface area (Å²) in [6.45, 7) is 3.59. The number of aryl methyl sites for hydroxylation is 1. The van der Waals surface area contributed by atoms with Gasteiger partial charge in [-0.15, -0.1) is 0 Å². The Hall–Kier alpha value is -2.17. The predicted octanol–water partition coefficient (Wildman–Crippen LogP) is 1.86. The van der Waals surface area contributed by atoms with E-state index in [1.54, 1.807) is 31.5 Å². The van der Waals surface area contributed by atoms with Crippen LogP contribution < -0.4 is 10.5 Å². The lowest BCUT2D eigenvalue weighted by atomic mass is 10.3. The third-order valence-corrected chi connectivity index (χ3v) is 2.10. The van der Waals surface area contributed by atoms with Gasteiger partial charge in [0.05, 0.1) is 11.8 Å². The molecule has 0 aliphatic heterocycles. The second kappa shape index (κ2) is 4.14. The van der Waals surface area contributed by atoms with E-state index < -0.39 is 0 Å². The summed E-state index contributed by atoms with van der Waals surface area (Å²) in [5.41, 5.74) is 6.46. The van der Waals surface area contributed by atoms with Gasteiger partial charge >= 0.3 is 0 Å². The minimum absolute atomic E-state index is 0.436. The van der Waals surface area contributed by atoms with Crippen LogP contribution in [0.2, 0.25) is 0 Å². The highest BCUT2D eigenvalue weighted by atomic mass is 16.5. The van der Waals surface area contributed by atoms with Crippen molar-refractivity contribution in [3.05, 3.63) is 35.9 Å². The number of anilines is 1. The van der Waals surface area contributed by atoms with Gasteiger partial charge in [-0.25, -0.2) is 4.98 Å². The minimum atomic E-state index is 0.436. The van der Waals surface area contributed by atoms with Crippen molar-refractivity contribution in [3.63, 3.8) is 0 Å². The van der Waals surface area contributed by atoms with Gasteiger partial charge in [0.25, 0.3) is 0 Å². The van der Waals surface area contributed by atoms with Gasteiger partial charge in [0.15, 0.2) is 0 Å². The lowest BCUT2D eigenvalue weighted by Gasteiger charge is -2.09. The largest absolute Gasteiger partial charge is 0.437 e. The Labute approximate surface area is 93.3 Å². The topological polar surface area (TPSA) is 73.9 Å². The van der Waals surface area contributed by atoms with Crippen LogP contribution in [0.15, 0.2) is 24.5 Å². The highest BCUT2D eigenvalue weighted by molar-refractivity contribution is 5.45. The summed E-state index contributed by atoms with van der Waals surface area (Å²) >= 11 is 0. The van der Waals surface area contributed by atoms with Crippen molar-refractivity contribution >= 4 is 5.82 Å². The van der Waals surface area contributed by atoms with Crippen LogP contribution in [-0.2, 0) is 0 Å². The van der Waals surface area contributed by atoms with Crippen molar-refractivity contribution in [3.8, 4) is 11.6 Å². The van der Waals surface area contributed by atoms with Gasteiger partial charge in [-0.3, -0.25) is 4.98 Å². The van der Waals surface area contributed by atoms with Gasteiger partial charge in [-0.1, -0.05) is 0 Å². The Morgan fingerprint density at radius 2 is 2.06 bits per heavy atom. The molecule has 2 heterocycles. The summed E-state index contributed by atoms with van der Waals surface area (Å²) in [5, 5.41) is 0. The Morgan fingerprint density at radius 1 is 1.25 bits per heavy atom. The molecule has 82 valence electrons. The van der Waals surface area contributed by atoms with Gasteiger partial charge in [0.2, 0.25) is 5.88 Å². The second-order valence-electron chi connectivity index (χ2n) is 3.38. The normalized spacial score (nSPS) is 10.1. The van der Waals surface area contributed by atoms with E-state index in [0.29, 0.717) is 23.3 Å². The molecule has 0 radical (unpaired) electrons. The van der Waals surface area contributed by atoms with Crippen LogP contribution in [-0.4, -0.2) is 15.0 Å². The van der Waals surface area contributed by atoms with E-state index in [1.807, 2.05) is 6.92 Å². The van der Waals surface area contributed by atoms with E-state index in [1.165, 1.54) is 0 Å². The molecule has 0 atom stereocenters. The number of hydrogen-bond donors (Lipinski definition) is 1. The molecular formula is C11H12N4O. The fourth-order valence-electron chi connectivity index (χ4n) is 1.24. The molecule has 5 nitrogen and oxygen atoms in total. The highest BCUT2D eigenvalue weighted by Crippen LogP contribution is 2.24. The molecule has 2 aromatic rings. The lowest BCUT2D eigenvalue weighted by Crippen LogP contribution is -2.02.